The lowest BCUT2D eigenvalue weighted by molar-refractivity contribution is 1.10. The number of aryl methyl sites for hydroxylation is 2. The zero-order chi connectivity index (χ0) is 12.4. The number of nitrogens with zero attached hydrogens (tertiary/aromatic N) is 1. The van der Waals surface area contributed by atoms with Crippen LogP contribution in [-0.2, 0) is 6.42 Å². The van der Waals surface area contributed by atoms with Gasteiger partial charge < -0.3 is 5.73 Å². The van der Waals surface area contributed by atoms with Crippen molar-refractivity contribution in [2.24, 2.45) is 0 Å². The number of benzene rings is 1. The fraction of sp³-hybridized carbons (Fsp3) is 0.214. The van der Waals surface area contributed by atoms with Crippen molar-refractivity contribution in [3.05, 3.63) is 57.7 Å². The topological polar surface area (TPSA) is 38.9 Å². The van der Waals surface area contributed by atoms with Crippen LogP contribution in [0.5, 0.6) is 0 Å². The van der Waals surface area contributed by atoms with E-state index in [0.717, 1.165) is 12.0 Å². The molecule has 1 aromatic heterocycles. The molecule has 0 aliphatic carbocycles. The molecule has 0 aliphatic heterocycles. The normalized spacial score (nSPS) is 10.5. The molecule has 0 aliphatic rings. The van der Waals surface area contributed by atoms with Crippen LogP contribution >= 0.6 is 11.6 Å². The third-order valence-electron chi connectivity index (χ3n) is 2.98. The van der Waals surface area contributed by atoms with Crippen LogP contribution in [0.25, 0.3) is 0 Å². The van der Waals surface area contributed by atoms with Gasteiger partial charge in [-0.05, 0) is 36.6 Å². The molecule has 0 saturated heterocycles. The molecule has 2 aromatic rings. The van der Waals surface area contributed by atoms with Gasteiger partial charge in [0.25, 0.3) is 0 Å². The second-order valence-corrected chi connectivity index (χ2v) is 4.68. The highest BCUT2D eigenvalue weighted by Crippen LogP contribution is 2.22. The summed E-state index contributed by atoms with van der Waals surface area (Å²) in [5.74, 6) is 0.553. The average molecular weight is 247 g/mol. The molecule has 0 unspecified atom stereocenters. The third-order valence-corrected chi connectivity index (χ3v) is 3.19. The van der Waals surface area contributed by atoms with Gasteiger partial charge in [0, 0.05) is 18.2 Å². The first kappa shape index (κ1) is 11.9. The first-order valence-corrected chi connectivity index (χ1v) is 5.90. The highest BCUT2D eigenvalue weighted by atomic mass is 35.5. The molecule has 17 heavy (non-hydrogen) atoms. The Hall–Kier alpha value is -1.54. The number of aromatic nitrogens is 1. The van der Waals surface area contributed by atoms with Gasteiger partial charge in [-0.2, -0.15) is 0 Å². The maximum absolute atomic E-state index is 5.94. The minimum atomic E-state index is 0.553. The van der Waals surface area contributed by atoms with Crippen LogP contribution in [0.15, 0.2) is 30.5 Å². The lowest BCUT2D eigenvalue weighted by Crippen LogP contribution is -2.01. The van der Waals surface area contributed by atoms with Crippen molar-refractivity contribution in [2.75, 3.05) is 5.73 Å². The zero-order valence-electron chi connectivity index (χ0n) is 10.00. The maximum Gasteiger partial charge on any atom is 0.126 e. The van der Waals surface area contributed by atoms with Crippen molar-refractivity contribution in [1.29, 1.82) is 0 Å². The van der Waals surface area contributed by atoms with Crippen LogP contribution < -0.4 is 5.73 Å². The molecule has 0 radical (unpaired) electrons. The Bertz CT molecular complexity index is 530. The van der Waals surface area contributed by atoms with Crippen molar-refractivity contribution in [3.8, 4) is 0 Å². The molecule has 0 spiro atoms. The van der Waals surface area contributed by atoms with E-state index in [1.54, 1.807) is 6.20 Å². The number of hydrogen-bond donors (Lipinski definition) is 1. The number of pyridine rings is 1. The standard InChI is InChI=1S/C14H15ClN2/c1-9-4-3-5-10(2)13(9)7-11-6-12(15)8-17-14(11)16/h3-6,8H,7H2,1-2H3,(H2,16,17). The van der Waals surface area contributed by atoms with Gasteiger partial charge in [0.1, 0.15) is 5.82 Å². The molecule has 0 bridgehead atoms. The molecule has 0 amide bonds. The lowest BCUT2D eigenvalue weighted by atomic mass is 9.96. The summed E-state index contributed by atoms with van der Waals surface area (Å²) in [6, 6.07) is 8.16. The van der Waals surface area contributed by atoms with E-state index in [1.165, 1.54) is 16.7 Å². The predicted octanol–water partition coefficient (Wildman–Crippen LogP) is 3.52. The summed E-state index contributed by atoms with van der Waals surface area (Å²) in [5, 5.41) is 0.625. The van der Waals surface area contributed by atoms with Gasteiger partial charge in [-0.3, -0.25) is 0 Å². The van der Waals surface area contributed by atoms with Gasteiger partial charge in [0.15, 0.2) is 0 Å². The van der Waals surface area contributed by atoms with Crippen molar-refractivity contribution in [3.63, 3.8) is 0 Å². The highest BCUT2D eigenvalue weighted by molar-refractivity contribution is 6.30. The van der Waals surface area contributed by atoms with Crippen LogP contribution in [0.1, 0.15) is 22.3 Å². The molecule has 1 aromatic carbocycles. The maximum atomic E-state index is 5.94. The summed E-state index contributed by atoms with van der Waals surface area (Å²) in [5.41, 5.74) is 10.7. The molecule has 3 heteroatoms. The van der Waals surface area contributed by atoms with Crippen LogP contribution in [0.4, 0.5) is 5.82 Å². The summed E-state index contributed by atoms with van der Waals surface area (Å²) in [6.45, 7) is 4.22. The lowest BCUT2D eigenvalue weighted by Gasteiger charge is -2.11. The summed E-state index contributed by atoms with van der Waals surface area (Å²) in [7, 11) is 0. The van der Waals surface area contributed by atoms with Gasteiger partial charge in [-0.15, -0.1) is 0 Å². The van der Waals surface area contributed by atoms with Crippen molar-refractivity contribution < 1.29 is 0 Å². The molecular weight excluding hydrogens is 232 g/mol. The molecule has 88 valence electrons. The van der Waals surface area contributed by atoms with E-state index in [2.05, 4.69) is 37.0 Å². The molecular formula is C14H15ClN2. The number of anilines is 1. The molecule has 2 N–H and O–H groups in total. The van der Waals surface area contributed by atoms with E-state index < -0.39 is 0 Å². The average Bonchev–Trinajstić information content (AvgIpc) is 2.28. The molecule has 0 saturated carbocycles. The van der Waals surface area contributed by atoms with Crippen LogP contribution in [0.2, 0.25) is 5.02 Å². The number of hydrogen-bond acceptors (Lipinski definition) is 2. The Morgan fingerprint density at radius 1 is 1.24 bits per heavy atom. The van der Waals surface area contributed by atoms with Crippen LogP contribution in [0.3, 0.4) is 0 Å². The van der Waals surface area contributed by atoms with E-state index in [9.17, 15) is 0 Å². The first-order valence-electron chi connectivity index (χ1n) is 5.53. The molecule has 2 nitrogen and oxygen atoms in total. The van der Waals surface area contributed by atoms with Crippen molar-refractivity contribution >= 4 is 17.4 Å². The largest absolute Gasteiger partial charge is 0.383 e. The molecule has 2 rings (SSSR count). The quantitative estimate of drug-likeness (QED) is 0.881. The minimum absolute atomic E-state index is 0.553. The predicted molar refractivity (Wildman–Crippen MR) is 72.4 cm³/mol. The highest BCUT2D eigenvalue weighted by Gasteiger charge is 2.07. The SMILES string of the molecule is Cc1cccc(C)c1Cc1cc(Cl)cnc1N. The van der Waals surface area contributed by atoms with Gasteiger partial charge in [-0.25, -0.2) is 4.98 Å². The fourth-order valence-corrected chi connectivity index (χ4v) is 2.13. The van der Waals surface area contributed by atoms with E-state index >= 15 is 0 Å². The molecule has 0 fully saturated rings. The van der Waals surface area contributed by atoms with Gasteiger partial charge >= 0.3 is 0 Å². The Kier molecular flexibility index (Phi) is 3.34. The van der Waals surface area contributed by atoms with E-state index in [1.807, 2.05) is 6.07 Å². The van der Waals surface area contributed by atoms with Gasteiger partial charge in [0.2, 0.25) is 0 Å². The smallest absolute Gasteiger partial charge is 0.126 e. The number of rotatable bonds is 2. The third kappa shape index (κ3) is 2.59. The second kappa shape index (κ2) is 4.76. The summed E-state index contributed by atoms with van der Waals surface area (Å²) >= 11 is 5.94. The number of halogens is 1. The Balaban J connectivity index is 2.41. The summed E-state index contributed by atoms with van der Waals surface area (Å²) < 4.78 is 0. The van der Waals surface area contributed by atoms with E-state index in [0.29, 0.717) is 10.8 Å². The monoisotopic (exact) mass is 246 g/mol. The Morgan fingerprint density at radius 3 is 2.53 bits per heavy atom. The number of nitrogen functional groups attached to an aromatic ring is 1. The fourth-order valence-electron chi connectivity index (χ4n) is 1.95. The second-order valence-electron chi connectivity index (χ2n) is 4.25. The Morgan fingerprint density at radius 2 is 1.88 bits per heavy atom. The minimum Gasteiger partial charge on any atom is -0.383 e. The van der Waals surface area contributed by atoms with Crippen molar-refractivity contribution in [2.45, 2.75) is 20.3 Å². The van der Waals surface area contributed by atoms with Gasteiger partial charge in [0.05, 0.1) is 5.02 Å². The van der Waals surface area contributed by atoms with E-state index in [-0.39, 0.29) is 0 Å². The van der Waals surface area contributed by atoms with E-state index in [4.69, 9.17) is 17.3 Å². The zero-order valence-corrected chi connectivity index (χ0v) is 10.8. The Labute approximate surface area is 106 Å². The molecule has 1 heterocycles. The van der Waals surface area contributed by atoms with Crippen LogP contribution in [0, 0.1) is 13.8 Å². The van der Waals surface area contributed by atoms with Crippen LogP contribution in [-0.4, -0.2) is 4.98 Å². The first-order chi connectivity index (χ1) is 8.08. The number of nitrogens with two attached hydrogens (primary N) is 1. The summed E-state index contributed by atoms with van der Waals surface area (Å²) in [4.78, 5) is 4.08. The molecule has 0 atom stereocenters. The van der Waals surface area contributed by atoms with Gasteiger partial charge in [-0.1, -0.05) is 29.8 Å². The van der Waals surface area contributed by atoms with Crippen molar-refractivity contribution in [1.82, 2.24) is 4.98 Å². The summed E-state index contributed by atoms with van der Waals surface area (Å²) in [6.07, 6.45) is 2.35.